The number of nitrogens with zero attached hydrogens (tertiary/aromatic N) is 1. The minimum absolute atomic E-state index is 1.12. The summed E-state index contributed by atoms with van der Waals surface area (Å²) < 4.78 is 0. The maximum Gasteiger partial charge on any atom is 0.0793 e. The van der Waals surface area contributed by atoms with Crippen molar-refractivity contribution in [2.45, 2.75) is 27.7 Å². The van der Waals surface area contributed by atoms with Crippen molar-refractivity contribution in [1.29, 1.82) is 0 Å². The Morgan fingerprint density at radius 1 is 1.36 bits per heavy atom. The first-order valence-electron chi connectivity index (χ1n) is 3.68. The Morgan fingerprint density at radius 3 is 2.36 bits per heavy atom. The van der Waals surface area contributed by atoms with E-state index in [2.05, 4.69) is 24.2 Å². The summed E-state index contributed by atoms with van der Waals surface area (Å²) in [5.41, 5.74) is 3.57. The number of thiophene rings is 1. The normalized spacial score (nSPS) is 9.82. The van der Waals surface area contributed by atoms with Crippen LogP contribution in [-0.4, -0.2) is 5.71 Å². The van der Waals surface area contributed by atoms with Crippen LogP contribution < -0.4 is 0 Å². The quantitative estimate of drug-likeness (QED) is 0.568. The van der Waals surface area contributed by atoms with E-state index in [0.29, 0.717) is 0 Å². The van der Waals surface area contributed by atoms with Gasteiger partial charge in [0, 0.05) is 10.6 Å². The third-order valence-corrected chi connectivity index (χ3v) is 2.47. The smallest absolute Gasteiger partial charge is 0.0793 e. The average Bonchev–Trinajstić information content (AvgIpc) is 2.18. The first-order chi connectivity index (χ1) is 5.11. The van der Waals surface area contributed by atoms with E-state index in [1.807, 2.05) is 13.8 Å². The van der Waals surface area contributed by atoms with Crippen LogP contribution in [0.25, 0.3) is 0 Å². The van der Waals surface area contributed by atoms with Gasteiger partial charge in [0.1, 0.15) is 0 Å². The molecular weight excluding hydrogens is 154 g/mol. The van der Waals surface area contributed by atoms with Crippen molar-refractivity contribution >= 4 is 22.7 Å². The topological polar surface area (TPSA) is 12.4 Å². The summed E-state index contributed by atoms with van der Waals surface area (Å²) in [4.78, 5) is 5.75. The highest BCUT2D eigenvalue weighted by Crippen LogP contribution is 2.29. The molecule has 0 aromatic carbocycles. The van der Waals surface area contributed by atoms with E-state index >= 15 is 0 Å². The molecule has 1 aromatic rings. The van der Waals surface area contributed by atoms with Gasteiger partial charge < -0.3 is 0 Å². The predicted octanol–water partition coefficient (Wildman–Crippen LogP) is 3.48. The van der Waals surface area contributed by atoms with E-state index in [-0.39, 0.29) is 0 Å². The molecular formula is C9H13NS. The average molecular weight is 167 g/mol. The molecule has 0 spiro atoms. The van der Waals surface area contributed by atoms with Gasteiger partial charge in [-0.15, -0.1) is 11.3 Å². The van der Waals surface area contributed by atoms with Gasteiger partial charge in [0.15, 0.2) is 0 Å². The number of aryl methyl sites for hydroxylation is 2. The van der Waals surface area contributed by atoms with Crippen molar-refractivity contribution in [3.8, 4) is 0 Å². The minimum Gasteiger partial charge on any atom is -0.257 e. The molecule has 0 saturated carbocycles. The van der Waals surface area contributed by atoms with E-state index in [9.17, 15) is 0 Å². The standard InChI is InChI=1S/C9H13NS/c1-6(2)10-9-7(3)5-11-8(9)4/h5H,1-4H3. The fraction of sp³-hybridized carbons (Fsp3) is 0.444. The lowest BCUT2D eigenvalue weighted by Crippen LogP contribution is -1.79. The highest BCUT2D eigenvalue weighted by molar-refractivity contribution is 7.10. The highest BCUT2D eigenvalue weighted by atomic mass is 32.1. The molecule has 0 atom stereocenters. The Balaban J connectivity index is 3.11. The van der Waals surface area contributed by atoms with Gasteiger partial charge in [-0.3, -0.25) is 4.99 Å². The number of aliphatic imine (C=N–C) groups is 1. The van der Waals surface area contributed by atoms with E-state index in [1.54, 1.807) is 11.3 Å². The lowest BCUT2D eigenvalue weighted by Gasteiger charge is -1.94. The van der Waals surface area contributed by atoms with Gasteiger partial charge >= 0.3 is 0 Å². The molecule has 0 aliphatic rings. The minimum atomic E-state index is 1.12. The van der Waals surface area contributed by atoms with Crippen LogP contribution in [-0.2, 0) is 0 Å². The molecule has 0 aliphatic heterocycles. The second-order valence-electron chi connectivity index (χ2n) is 2.88. The lowest BCUT2D eigenvalue weighted by atomic mass is 10.3. The van der Waals surface area contributed by atoms with Crippen molar-refractivity contribution in [2.75, 3.05) is 0 Å². The summed E-state index contributed by atoms with van der Waals surface area (Å²) in [6, 6.07) is 0. The molecule has 1 heterocycles. The van der Waals surface area contributed by atoms with Gasteiger partial charge in [-0.2, -0.15) is 0 Å². The Bertz CT molecular complexity index is 260. The summed E-state index contributed by atoms with van der Waals surface area (Å²) in [7, 11) is 0. The molecule has 11 heavy (non-hydrogen) atoms. The molecule has 0 aliphatic carbocycles. The van der Waals surface area contributed by atoms with Crippen molar-refractivity contribution in [2.24, 2.45) is 4.99 Å². The third-order valence-electron chi connectivity index (χ3n) is 1.45. The zero-order valence-electron chi connectivity index (χ0n) is 7.43. The van der Waals surface area contributed by atoms with Crippen LogP contribution >= 0.6 is 11.3 Å². The first-order valence-corrected chi connectivity index (χ1v) is 4.56. The zero-order chi connectivity index (χ0) is 8.43. The summed E-state index contributed by atoms with van der Waals surface area (Å²) >= 11 is 1.77. The lowest BCUT2D eigenvalue weighted by molar-refractivity contribution is 1.39. The van der Waals surface area contributed by atoms with Gasteiger partial charge in [-0.05, 0) is 38.6 Å². The Kier molecular flexibility index (Phi) is 2.45. The second kappa shape index (κ2) is 3.18. The molecule has 2 heteroatoms. The third kappa shape index (κ3) is 1.90. The van der Waals surface area contributed by atoms with Gasteiger partial charge in [0.05, 0.1) is 5.69 Å². The summed E-state index contributed by atoms with van der Waals surface area (Å²) in [6.07, 6.45) is 0. The predicted molar refractivity (Wildman–Crippen MR) is 52.2 cm³/mol. The molecule has 0 fully saturated rings. The Labute approximate surface area is 71.8 Å². The van der Waals surface area contributed by atoms with Crippen molar-refractivity contribution < 1.29 is 0 Å². The maximum absolute atomic E-state index is 4.45. The Morgan fingerprint density at radius 2 is 2.00 bits per heavy atom. The second-order valence-corrected chi connectivity index (χ2v) is 3.97. The van der Waals surface area contributed by atoms with Crippen LogP contribution in [0.5, 0.6) is 0 Å². The molecule has 0 bridgehead atoms. The van der Waals surface area contributed by atoms with Gasteiger partial charge in [-0.25, -0.2) is 0 Å². The maximum atomic E-state index is 4.45. The number of rotatable bonds is 1. The summed E-state index contributed by atoms with van der Waals surface area (Å²) in [5, 5.41) is 2.15. The molecule has 1 nitrogen and oxygen atoms in total. The van der Waals surface area contributed by atoms with Gasteiger partial charge in [-0.1, -0.05) is 0 Å². The van der Waals surface area contributed by atoms with Crippen LogP contribution in [0, 0.1) is 13.8 Å². The molecule has 0 radical (unpaired) electrons. The monoisotopic (exact) mass is 167 g/mol. The molecule has 60 valence electrons. The fourth-order valence-electron chi connectivity index (χ4n) is 0.957. The van der Waals surface area contributed by atoms with E-state index < -0.39 is 0 Å². The van der Waals surface area contributed by atoms with Crippen LogP contribution in [0.3, 0.4) is 0 Å². The largest absolute Gasteiger partial charge is 0.257 e. The van der Waals surface area contributed by atoms with Crippen molar-refractivity contribution in [1.82, 2.24) is 0 Å². The van der Waals surface area contributed by atoms with Crippen LogP contribution in [0.2, 0.25) is 0 Å². The van der Waals surface area contributed by atoms with E-state index in [0.717, 1.165) is 11.4 Å². The van der Waals surface area contributed by atoms with Gasteiger partial charge in [0.25, 0.3) is 0 Å². The molecule has 0 amide bonds. The van der Waals surface area contributed by atoms with Crippen molar-refractivity contribution in [3.63, 3.8) is 0 Å². The van der Waals surface area contributed by atoms with Crippen molar-refractivity contribution in [3.05, 3.63) is 15.8 Å². The number of hydrogen-bond donors (Lipinski definition) is 0. The van der Waals surface area contributed by atoms with E-state index in [1.165, 1.54) is 10.4 Å². The molecule has 1 rings (SSSR count). The molecule has 0 N–H and O–H groups in total. The SMILES string of the molecule is CC(C)=Nc1c(C)csc1C. The van der Waals surface area contributed by atoms with E-state index in [4.69, 9.17) is 0 Å². The highest BCUT2D eigenvalue weighted by Gasteiger charge is 2.01. The number of hydrogen-bond acceptors (Lipinski definition) is 2. The van der Waals surface area contributed by atoms with Crippen LogP contribution in [0.15, 0.2) is 10.4 Å². The Hall–Kier alpha value is -0.630. The summed E-state index contributed by atoms with van der Waals surface area (Å²) in [5.74, 6) is 0. The fourth-order valence-corrected chi connectivity index (χ4v) is 1.74. The molecule has 0 unspecified atom stereocenters. The molecule has 1 aromatic heterocycles. The summed E-state index contributed by atoms with van der Waals surface area (Å²) in [6.45, 7) is 8.26. The van der Waals surface area contributed by atoms with Gasteiger partial charge in [0.2, 0.25) is 0 Å². The van der Waals surface area contributed by atoms with Crippen LogP contribution in [0.4, 0.5) is 5.69 Å². The van der Waals surface area contributed by atoms with Crippen LogP contribution in [0.1, 0.15) is 24.3 Å². The first kappa shape index (κ1) is 8.47. The zero-order valence-corrected chi connectivity index (χ0v) is 8.25. The molecule has 0 saturated heterocycles.